The molecular weight excluding hydrogens is 360 g/mol. The molecule has 0 aliphatic heterocycles. The van der Waals surface area contributed by atoms with Gasteiger partial charge in [0.2, 0.25) is 0 Å². The van der Waals surface area contributed by atoms with Gasteiger partial charge in [0, 0.05) is 10.9 Å². The number of pyridine rings is 1. The fourth-order valence-corrected chi connectivity index (χ4v) is 2.84. The van der Waals surface area contributed by atoms with E-state index in [9.17, 15) is 9.59 Å². The maximum atomic E-state index is 12.7. The third-order valence-corrected chi connectivity index (χ3v) is 4.36. The second-order valence-electron chi connectivity index (χ2n) is 6.18. The molecular formula is C21H20N2O5. The van der Waals surface area contributed by atoms with E-state index < -0.39 is 17.9 Å². The van der Waals surface area contributed by atoms with Crippen molar-refractivity contribution in [1.29, 1.82) is 0 Å². The number of benzene rings is 2. The van der Waals surface area contributed by atoms with Gasteiger partial charge in [-0.1, -0.05) is 18.2 Å². The number of hydrogen-bond acceptors (Lipinski definition) is 5. The second-order valence-corrected chi connectivity index (χ2v) is 6.18. The van der Waals surface area contributed by atoms with Crippen LogP contribution in [0.3, 0.4) is 0 Å². The van der Waals surface area contributed by atoms with Crippen LogP contribution >= 0.6 is 0 Å². The van der Waals surface area contributed by atoms with E-state index >= 15 is 0 Å². The highest BCUT2D eigenvalue weighted by Crippen LogP contribution is 2.33. The Balaban J connectivity index is 2.13. The molecule has 144 valence electrons. The highest BCUT2D eigenvalue weighted by atomic mass is 16.5. The van der Waals surface area contributed by atoms with E-state index in [1.54, 1.807) is 50.6 Å². The Kier molecular flexibility index (Phi) is 5.44. The van der Waals surface area contributed by atoms with Gasteiger partial charge in [-0.3, -0.25) is 9.59 Å². The zero-order valence-electron chi connectivity index (χ0n) is 15.7. The Morgan fingerprint density at radius 2 is 1.75 bits per heavy atom. The number of hydrogen-bond donors (Lipinski definition) is 2. The predicted octanol–water partition coefficient (Wildman–Crippen LogP) is 3.12. The van der Waals surface area contributed by atoms with E-state index in [2.05, 4.69) is 10.3 Å². The first kappa shape index (κ1) is 19.2. The number of rotatable bonds is 6. The van der Waals surface area contributed by atoms with Crippen LogP contribution in [0.25, 0.3) is 22.2 Å². The molecule has 1 atom stereocenters. The first-order valence-corrected chi connectivity index (χ1v) is 8.60. The van der Waals surface area contributed by atoms with Crippen molar-refractivity contribution >= 4 is 22.8 Å². The topological polar surface area (TPSA) is 97.8 Å². The van der Waals surface area contributed by atoms with Crippen LogP contribution in [0.2, 0.25) is 0 Å². The van der Waals surface area contributed by atoms with Crippen molar-refractivity contribution in [1.82, 2.24) is 10.3 Å². The van der Waals surface area contributed by atoms with E-state index in [-0.39, 0.29) is 0 Å². The van der Waals surface area contributed by atoms with E-state index in [1.165, 1.54) is 6.92 Å². The number of aromatic nitrogens is 1. The summed E-state index contributed by atoms with van der Waals surface area (Å²) in [5, 5.41) is 12.2. The zero-order valence-corrected chi connectivity index (χ0v) is 15.7. The summed E-state index contributed by atoms with van der Waals surface area (Å²) in [4.78, 5) is 28.5. The number of carbonyl (C=O) groups excluding carboxylic acids is 1. The molecule has 2 aromatic carbocycles. The lowest BCUT2D eigenvalue weighted by Gasteiger charge is -2.14. The monoisotopic (exact) mass is 380 g/mol. The Morgan fingerprint density at radius 3 is 2.43 bits per heavy atom. The zero-order chi connectivity index (χ0) is 20.3. The van der Waals surface area contributed by atoms with Crippen LogP contribution in [0.5, 0.6) is 11.5 Å². The second kappa shape index (κ2) is 7.96. The lowest BCUT2D eigenvalue weighted by molar-refractivity contribution is -0.138. The van der Waals surface area contributed by atoms with Gasteiger partial charge in [0.05, 0.1) is 31.0 Å². The molecule has 0 spiro atoms. The summed E-state index contributed by atoms with van der Waals surface area (Å²) in [5.41, 5.74) is 2.28. The van der Waals surface area contributed by atoms with Gasteiger partial charge < -0.3 is 19.9 Å². The third kappa shape index (κ3) is 3.73. The number of amides is 1. The van der Waals surface area contributed by atoms with Gasteiger partial charge in [-0.05, 0) is 37.3 Å². The maximum Gasteiger partial charge on any atom is 0.325 e. The molecule has 1 aromatic heterocycles. The van der Waals surface area contributed by atoms with E-state index in [1.807, 2.05) is 12.1 Å². The fourth-order valence-electron chi connectivity index (χ4n) is 2.84. The molecule has 0 aliphatic rings. The molecule has 0 unspecified atom stereocenters. The van der Waals surface area contributed by atoms with Gasteiger partial charge in [-0.15, -0.1) is 0 Å². The summed E-state index contributed by atoms with van der Waals surface area (Å²) in [7, 11) is 3.10. The summed E-state index contributed by atoms with van der Waals surface area (Å²) in [5.74, 6) is -0.456. The normalized spacial score (nSPS) is 11.7. The molecule has 1 amide bonds. The SMILES string of the molecule is COc1ccc(-c2cc(C(=O)N[C@H](C)C(=O)O)c3ccccc3n2)cc1OC. The van der Waals surface area contributed by atoms with E-state index in [0.29, 0.717) is 33.7 Å². The molecule has 0 bridgehead atoms. The van der Waals surface area contributed by atoms with Crippen molar-refractivity contribution in [3.63, 3.8) is 0 Å². The molecule has 3 aromatic rings. The van der Waals surface area contributed by atoms with Gasteiger partial charge in [-0.2, -0.15) is 0 Å². The molecule has 28 heavy (non-hydrogen) atoms. The summed E-state index contributed by atoms with van der Waals surface area (Å²) >= 11 is 0. The number of carboxylic acids is 1. The average molecular weight is 380 g/mol. The smallest absolute Gasteiger partial charge is 0.325 e. The number of nitrogens with zero attached hydrogens (tertiary/aromatic N) is 1. The number of methoxy groups -OCH3 is 2. The van der Waals surface area contributed by atoms with Crippen LogP contribution in [0.15, 0.2) is 48.5 Å². The Morgan fingerprint density at radius 1 is 1.04 bits per heavy atom. The molecule has 0 fully saturated rings. The number of ether oxygens (including phenoxy) is 2. The summed E-state index contributed by atoms with van der Waals surface area (Å²) in [6, 6.07) is 13.2. The molecule has 1 heterocycles. The van der Waals surface area contributed by atoms with Crippen LogP contribution < -0.4 is 14.8 Å². The molecule has 7 nitrogen and oxygen atoms in total. The Labute approximate surface area is 161 Å². The van der Waals surface area contributed by atoms with Crippen molar-refractivity contribution in [2.24, 2.45) is 0 Å². The van der Waals surface area contributed by atoms with Gasteiger partial charge >= 0.3 is 5.97 Å². The fraction of sp³-hybridized carbons (Fsp3) is 0.190. The quantitative estimate of drug-likeness (QED) is 0.682. The highest BCUT2D eigenvalue weighted by molar-refractivity contribution is 6.08. The third-order valence-electron chi connectivity index (χ3n) is 4.36. The molecule has 0 aliphatic carbocycles. The van der Waals surface area contributed by atoms with Crippen molar-refractivity contribution in [2.75, 3.05) is 14.2 Å². The highest BCUT2D eigenvalue weighted by Gasteiger charge is 2.19. The van der Waals surface area contributed by atoms with Crippen LogP contribution in [-0.2, 0) is 4.79 Å². The van der Waals surface area contributed by atoms with Gasteiger partial charge in [-0.25, -0.2) is 4.98 Å². The lowest BCUT2D eigenvalue weighted by Crippen LogP contribution is -2.38. The molecule has 2 N–H and O–H groups in total. The number of carbonyl (C=O) groups is 2. The molecule has 0 saturated heterocycles. The number of aliphatic carboxylic acids is 1. The van der Waals surface area contributed by atoms with Crippen molar-refractivity contribution < 1.29 is 24.2 Å². The minimum atomic E-state index is -1.10. The lowest BCUT2D eigenvalue weighted by atomic mass is 10.0. The van der Waals surface area contributed by atoms with Crippen LogP contribution in [0.1, 0.15) is 17.3 Å². The first-order chi connectivity index (χ1) is 13.4. The first-order valence-electron chi connectivity index (χ1n) is 8.60. The summed E-state index contributed by atoms with van der Waals surface area (Å²) in [6.45, 7) is 1.42. The minimum absolute atomic E-state index is 0.350. The largest absolute Gasteiger partial charge is 0.493 e. The Bertz CT molecular complexity index is 1050. The molecule has 3 rings (SSSR count). The molecule has 0 radical (unpaired) electrons. The molecule has 7 heteroatoms. The summed E-state index contributed by atoms with van der Waals surface area (Å²) in [6.07, 6.45) is 0. The number of fused-ring (bicyclic) bond motifs is 1. The van der Waals surface area contributed by atoms with Crippen LogP contribution in [0.4, 0.5) is 0 Å². The van der Waals surface area contributed by atoms with Crippen molar-refractivity contribution in [3.05, 3.63) is 54.1 Å². The number of para-hydroxylation sites is 1. The Hall–Kier alpha value is -3.61. The van der Waals surface area contributed by atoms with Crippen molar-refractivity contribution in [3.8, 4) is 22.8 Å². The van der Waals surface area contributed by atoms with Gasteiger partial charge in [0.15, 0.2) is 11.5 Å². The standard InChI is InChI=1S/C21H20N2O5/c1-12(21(25)26)22-20(24)15-11-17(23-16-7-5-4-6-14(15)16)13-8-9-18(27-2)19(10-13)28-3/h4-12H,1-3H3,(H,22,24)(H,25,26)/t12-/m1/s1. The van der Waals surface area contributed by atoms with E-state index in [4.69, 9.17) is 14.6 Å². The van der Waals surface area contributed by atoms with Crippen LogP contribution in [-0.4, -0.2) is 42.2 Å². The van der Waals surface area contributed by atoms with Crippen molar-refractivity contribution in [2.45, 2.75) is 13.0 Å². The predicted molar refractivity (Wildman–Crippen MR) is 105 cm³/mol. The average Bonchev–Trinajstić information content (AvgIpc) is 2.72. The maximum absolute atomic E-state index is 12.7. The van der Waals surface area contributed by atoms with Crippen LogP contribution in [0, 0.1) is 0 Å². The molecule has 0 saturated carbocycles. The van der Waals surface area contributed by atoms with Gasteiger partial charge in [0.1, 0.15) is 6.04 Å². The minimum Gasteiger partial charge on any atom is -0.493 e. The number of nitrogens with one attached hydrogen (secondary N) is 1. The van der Waals surface area contributed by atoms with E-state index in [0.717, 1.165) is 5.56 Å². The number of carboxylic acid groups (broad SMARTS) is 1. The summed E-state index contributed by atoms with van der Waals surface area (Å²) < 4.78 is 10.6. The van der Waals surface area contributed by atoms with Gasteiger partial charge in [0.25, 0.3) is 5.91 Å².